The van der Waals surface area contributed by atoms with Crippen LogP contribution in [0.15, 0.2) is 0 Å². The van der Waals surface area contributed by atoms with E-state index < -0.39 is 10.4 Å². The molecule has 0 aliphatic rings. The second-order valence-corrected chi connectivity index (χ2v) is 1.68. The monoisotopic (exact) mass is 211 g/mol. The Labute approximate surface area is 68.3 Å². The van der Waals surface area contributed by atoms with Crippen molar-refractivity contribution in [1.29, 1.82) is 5.41 Å². The van der Waals surface area contributed by atoms with Crippen LogP contribution < -0.4 is 11.5 Å². The maximum Gasteiger partial charge on any atom is 3.00 e. The average molecular weight is 211 g/mol. The molecule has 7 nitrogen and oxygen atoms in total. The number of nitrogens with two attached hydrogens (primary N) is 2. The third kappa shape index (κ3) is 2930. The van der Waals surface area contributed by atoms with Gasteiger partial charge in [-0.2, -0.15) is 0 Å². The molecular weight excluding hydrogens is 206 g/mol. The van der Waals surface area contributed by atoms with E-state index in [1.54, 1.807) is 0 Å². The Balaban J connectivity index is -0.0000000910. The van der Waals surface area contributed by atoms with Gasteiger partial charge >= 0.3 is 17.1 Å². The topological polar surface area (TPSA) is 156 Å². The van der Waals surface area contributed by atoms with Crippen molar-refractivity contribution in [2.75, 3.05) is 0 Å². The summed E-state index contributed by atoms with van der Waals surface area (Å²) in [6, 6.07) is 0. The normalized spacial score (nSPS) is 8.20. The van der Waals surface area contributed by atoms with Crippen molar-refractivity contribution in [3.05, 3.63) is 0 Å². The van der Waals surface area contributed by atoms with Crippen LogP contribution in [0.25, 0.3) is 0 Å². The van der Waals surface area contributed by atoms with Gasteiger partial charge in [0.2, 0.25) is 0 Å². The molecule has 10 heavy (non-hydrogen) atoms. The van der Waals surface area contributed by atoms with Gasteiger partial charge in [0.25, 0.3) is 0 Å². The van der Waals surface area contributed by atoms with E-state index in [1.165, 1.54) is 0 Å². The first-order valence-electron chi connectivity index (χ1n) is 1.49. The van der Waals surface area contributed by atoms with Gasteiger partial charge in [0.15, 0.2) is 5.96 Å². The molecule has 0 aromatic carbocycles. The molecule has 0 spiro atoms. The molecule has 61 valence electrons. The zero-order valence-electron chi connectivity index (χ0n) is 4.55. The number of hydrogen-bond donors (Lipinski definition) is 3. The summed E-state index contributed by atoms with van der Waals surface area (Å²) in [4.78, 5) is 0. The van der Waals surface area contributed by atoms with E-state index >= 15 is 0 Å². The quantitative estimate of drug-likeness (QED) is 0.132. The molecule has 0 unspecified atom stereocenters. The molecule has 0 heterocycles. The van der Waals surface area contributed by atoms with Crippen LogP contribution in [0.3, 0.4) is 0 Å². The van der Waals surface area contributed by atoms with Crippen molar-refractivity contribution in [2.24, 2.45) is 11.5 Å². The summed E-state index contributed by atoms with van der Waals surface area (Å²) in [5.74, 6) is -0.333. The van der Waals surface area contributed by atoms with Gasteiger partial charge < -0.3 is 20.6 Å². The molecule has 0 rings (SSSR count). The summed E-state index contributed by atoms with van der Waals surface area (Å²) in [6.07, 6.45) is 0. The van der Waals surface area contributed by atoms with E-state index in [-0.39, 0.29) is 23.0 Å². The SMILES string of the molecule is N=C(N)N.O=S(=O)([O-])[O-].[Fe+3]. The van der Waals surface area contributed by atoms with Crippen molar-refractivity contribution >= 4 is 16.4 Å². The van der Waals surface area contributed by atoms with Crippen molar-refractivity contribution in [3.8, 4) is 0 Å². The average Bonchev–Trinajstić information content (AvgIpc) is 1.19. The first kappa shape index (κ1) is 16.3. The van der Waals surface area contributed by atoms with Crippen LogP contribution in [0.1, 0.15) is 0 Å². The van der Waals surface area contributed by atoms with Gasteiger partial charge in [-0.3, -0.25) is 13.8 Å². The Kier molecular flexibility index (Phi) is 11.1. The molecule has 0 saturated heterocycles. The fourth-order valence-electron chi connectivity index (χ4n) is 0. The summed E-state index contributed by atoms with van der Waals surface area (Å²) in [5, 5.41) is 6.06. The molecule has 0 fully saturated rings. The molecule has 0 atom stereocenters. The van der Waals surface area contributed by atoms with Crippen molar-refractivity contribution in [1.82, 2.24) is 0 Å². The third-order valence-electron chi connectivity index (χ3n) is 0. The standard InChI is InChI=1S/CH5N3.Fe.H2O4S/c2-1(3)4;;1-5(2,3)4/h(H5,2,3,4);;(H2,1,2,3,4)/q;+3;/p-2. The van der Waals surface area contributed by atoms with Gasteiger partial charge in [-0.05, 0) is 0 Å². The Morgan fingerprint density at radius 3 is 1.30 bits per heavy atom. The van der Waals surface area contributed by atoms with Crippen LogP contribution in [0.2, 0.25) is 0 Å². The number of rotatable bonds is 0. The minimum Gasteiger partial charge on any atom is -0.759 e. The van der Waals surface area contributed by atoms with Crippen LogP contribution in [0, 0.1) is 5.41 Å². The summed E-state index contributed by atoms with van der Waals surface area (Å²) in [6.45, 7) is 0. The van der Waals surface area contributed by atoms with Gasteiger partial charge in [-0.1, -0.05) is 0 Å². The number of guanidine groups is 1. The fraction of sp³-hybridized carbons (Fsp3) is 0. The fourth-order valence-corrected chi connectivity index (χ4v) is 0. The summed E-state index contributed by atoms with van der Waals surface area (Å²) < 4.78 is 34.1. The smallest absolute Gasteiger partial charge is 0.759 e. The van der Waals surface area contributed by atoms with Crippen LogP contribution >= 0.6 is 0 Å². The molecule has 1 radical (unpaired) electrons. The Bertz CT molecular complexity index is 163. The molecule has 0 aromatic rings. The first-order valence-corrected chi connectivity index (χ1v) is 2.83. The molecule has 5 N–H and O–H groups in total. The van der Waals surface area contributed by atoms with E-state index in [4.69, 9.17) is 22.9 Å². The molecular formula is CH5FeN3O4S+. The minimum atomic E-state index is -5.17. The predicted molar refractivity (Wildman–Crippen MR) is 26.6 cm³/mol. The van der Waals surface area contributed by atoms with Crippen LogP contribution in [0.4, 0.5) is 0 Å². The predicted octanol–water partition coefficient (Wildman–Crippen LogP) is -2.50. The molecule has 0 aromatic heterocycles. The van der Waals surface area contributed by atoms with Crippen molar-refractivity contribution in [2.45, 2.75) is 0 Å². The number of nitrogens with one attached hydrogen (secondary N) is 1. The third-order valence-corrected chi connectivity index (χ3v) is 0. The molecule has 0 amide bonds. The van der Waals surface area contributed by atoms with Gasteiger partial charge in [0, 0.05) is 10.4 Å². The maximum atomic E-state index is 8.52. The van der Waals surface area contributed by atoms with Crippen molar-refractivity contribution < 1.29 is 34.6 Å². The van der Waals surface area contributed by atoms with E-state index in [0.717, 1.165) is 0 Å². The van der Waals surface area contributed by atoms with Crippen LogP contribution in [0.5, 0.6) is 0 Å². The van der Waals surface area contributed by atoms with Gasteiger partial charge in [0.1, 0.15) is 0 Å². The minimum absolute atomic E-state index is 0. The van der Waals surface area contributed by atoms with E-state index in [0.29, 0.717) is 0 Å². The van der Waals surface area contributed by atoms with Crippen LogP contribution in [-0.4, -0.2) is 23.5 Å². The van der Waals surface area contributed by atoms with Crippen molar-refractivity contribution in [3.63, 3.8) is 0 Å². The summed E-state index contributed by atoms with van der Waals surface area (Å²) in [7, 11) is -5.17. The van der Waals surface area contributed by atoms with Gasteiger partial charge in [0.05, 0.1) is 0 Å². The maximum absolute atomic E-state index is 8.52. The van der Waals surface area contributed by atoms with Crippen LogP contribution in [-0.2, 0) is 27.5 Å². The zero-order valence-corrected chi connectivity index (χ0v) is 6.47. The Morgan fingerprint density at radius 2 is 1.30 bits per heavy atom. The molecule has 0 aliphatic carbocycles. The summed E-state index contributed by atoms with van der Waals surface area (Å²) >= 11 is 0. The first-order chi connectivity index (χ1) is 3.73. The van der Waals surface area contributed by atoms with E-state index in [1.807, 2.05) is 0 Å². The molecule has 9 heteroatoms. The molecule has 0 aliphatic heterocycles. The molecule has 0 bridgehead atoms. The molecule has 0 saturated carbocycles. The van der Waals surface area contributed by atoms with Gasteiger partial charge in [-0.15, -0.1) is 0 Å². The van der Waals surface area contributed by atoms with Gasteiger partial charge in [-0.25, -0.2) is 0 Å². The van der Waals surface area contributed by atoms with E-state index in [9.17, 15) is 0 Å². The second-order valence-electron chi connectivity index (χ2n) is 0.864. The largest absolute Gasteiger partial charge is 3.00 e. The Hall–Kier alpha value is -0.341. The van der Waals surface area contributed by atoms with E-state index in [2.05, 4.69) is 11.5 Å². The Morgan fingerprint density at radius 1 is 1.30 bits per heavy atom. The summed E-state index contributed by atoms with van der Waals surface area (Å²) in [5.41, 5.74) is 8.94. The number of hydrogen-bond acceptors (Lipinski definition) is 5. The second kappa shape index (κ2) is 6.77. The zero-order chi connectivity index (χ0) is 8.08.